The van der Waals surface area contributed by atoms with E-state index in [1.165, 1.54) is 0 Å². The van der Waals surface area contributed by atoms with Gasteiger partial charge in [-0.15, -0.1) is 0 Å². The zero-order chi connectivity index (χ0) is 15.8. The Morgan fingerprint density at radius 1 is 1.29 bits per heavy atom. The number of carbonyl (C=O) groups is 2. The van der Waals surface area contributed by atoms with Crippen molar-refractivity contribution in [1.82, 2.24) is 10.7 Å². The van der Waals surface area contributed by atoms with Gasteiger partial charge >= 0.3 is 12.0 Å². The van der Waals surface area contributed by atoms with Crippen LogP contribution in [0.15, 0.2) is 5.10 Å². The molecule has 2 amide bonds. The van der Waals surface area contributed by atoms with E-state index >= 15 is 0 Å². The van der Waals surface area contributed by atoms with Gasteiger partial charge in [-0.25, -0.2) is 10.2 Å². The Balaban J connectivity index is 2.24. The second-order valence-corrected chi connectivity index (χ2v) is 5.94. The molecule has 0 aromatic rings. The van der Waals surface area contributed by atoms with E-state index in [1.807, 2.05) is 6.92 Å². The van der Waals surface area contributed by atoms with Crippen molar-refractivity contribution in [2.24, 2.45) is 22.9 Å². The Labute approximate surface area is 126 Å². The Morgan fingerprint density at radius 2 is 1.90 bits per heavy atom. The van der Waals surface area contributed by atoms with E-state index in [0.717, 1.165) is 25.0 Å². The number of carboxylic acid groups (broad SMARTS) is 1. The van der Waals surface area contributed by atoms with Crippen LogP contribution in [0.5, 0.6) is 0 Å². The molecule has 0 radical (unpaired) electrons. The van der Waals surface area contributed by atoms with Gasteiger partial charge in [0.1, 0.15) is 0 Å². The quantitative estimate of drug-likeness (QED) is 0.520. The average molecular weight is 297 g/mol. The Bertz CT molecular complexity index is 388. The lowest BCUT2D eigenvalue weighted by Crippen LogP contribution is -2.37. The predicted molar refractivity (Wildman–Crippen MR) is 82.2 cm³/mol. The van der Waals surface area contributed by atoms with Crippen molar-refractivity contribution in [1.29, 1.82) is 0 Å². The van der Waals surface area contributed by atoms with Crippen molar-refractivity contribution in [2.75, 3.05) is 6.54 Å². The second kappa shape index (κ2) is 8.64. The number of urea groups is 1. The molecule has 0 unspecified atom stereocenters. The lowest BCUT2D eigenvalue weighted by atomic mass is 9.82. The molecule has 6 heteroatoms. The van der Waals surface area contributed by atoms with Crippen molar-refractivity contribution in [2.45, 2.75) is 52.9 Å². The number of nitrogens with zero attached hydrogens (tertiary/aromatic N) is 1. The number of aliphatic carboxylic acids is 1. The number of rotatable bonds is 6. The molecule has 0 saturated heterocycles. The molecule has 0 aromatic heterocycles. The Morgan fingerprint density at radius 3 is 2.43 bits per heavy atom. The summed E-state index contributed by atoms with van der Waals surface area (Å²) in [4.78, 5) is 22.5. The van der Waals surface area contributed by atoms with Crippen LogP contribution in [-0.4, -0.2) is 29.4 Å². The number of carbonyl (C=O) groups excluding carboxylic acids is 1. The van der Waals surface area contributed by atoms with E-state index in [9.17, 15) is 9.59 Å². The fourth-order valence-electron chi connectivity index (χ4n) is 2.43. The zero-order valence-corrected chi connectivity index (χ0v) is 13.2. The van der Waals surface area contributed by atoms with E-state index in [0.29, 0.717) is 31.2 Å². The highest BCUT2D eigenvalue weighted by atomic mass is 16.4. The highest BCUT2D eigenvalue weighted by Crippen LogP contribution is 2.28. The van der Waals surface area contributed by atoms with Gasteiger partial charge in [-0.05, 0) is 50.9 Å². The lowest BCUT2D eigenvalue weighted by Gasteiger charge is -2.26. The predicted octanol–water partition coefficient (Wildman–Crippen LogP) is 2.60. The molecule has 1 aliphatic rings. The minimum Gasteiger partial charge on any atom is -0.481 e. The van der Waals surface area contributed by atoms with Crippen molar-refractivity contribution in [3.8, 4) is 0 Å². The summed E-state index contributed by atoms with van der Waals surface area (Å²) in [6, 6.07) is -0.294. The summed E-state index contributed by atoms with van der Waals surface area (Å²) < 4.78 is 0. The summed E-state index contributed by atoms with van der Waals surface area (Å²) in [5.74, 6) is -0.186. The van der Waals surface area contributed by atoms with Crippen LogP contribution in [0.3, 0.4) is 0 Å². The summed E-state index contributed by atoms with van der Waals surface area (Å²) in [7, 11) is 0. The van der Waals surface area contributed by atoms with Gasteiger partial charge in [0.25, 0.3) is 0 Å². The largest absolute Gasteiger partial charge is 0.481 e. The highest BCUT2D eigenvalue weighted by Gasteiger charge is 2.25. The summed E-state index contributed by atoms with van der Waals surface area (Å²) in [5, 5.41) is 15.8. The summed E-state index contributed by atoms with van der Waals surface area (Å²) >= 11 is 0. The van der Waals surface area contributed by atoms with Crippen molar-refractivity contribution in [3.05, 3.63) is 0 Å². The molecule has 0 aromatic carbocycles. The standard InChI is InChI=1S/C15H27N3O3/c1-4-10(2)11(3)17-18-15(21)16-9-12-5-7-13(8-6-12)14(19)20/h10,12-13H,4-9H2,1-3H3,(H,19,20)(H2,16,18,21)/b17-11-/t10-,12?,13?/m0/s1. The Kier molecular flexibility index (Phi) is 7.19. The van der Waals surface area contributed by atoms with E-state index in [2.05, 4.69) is 29.7 Å². The van der Waals surface area contributed by atoms with Crippen molar-refractivity contribution < 1.29 is 14.7 Å². The monoisotopic (exact) mass is 297 g/mol. The van der Waals surface area contributed by atoms with Crippen LogP contribution < -0.4 is 10.7 Å². The molecule has 3 N–H and O–H groups in total. The van der Waals surface area contributed by atoms with Crippen LogP contribution >= 0.6 is 0 Å². The molecule has 0 bridgehead atoms. The third kappa shape index (κ3) is 6.14. The number of carboxylic acids is 1. The van der Waals surface area contributed by atoms with Gasteiger partial charge in [0.05, 0.1) is 5.92 Å². The molecular weight excluding hydrogens is 270 g/mol. The maximum absolute atomic E-state index is 11.7. The third-order valence-corrected chi connectivity index (χ3v) is 4.41. The van der Waals surface area contributed by atoms with Gasteiger partial charge in [0, 0.05) is 12.3 Å². The number of hydrazone groups is 1. The van der Waals surface area contributed by atoms with Crippen LogP contribution in [0.2, 0.25) is 0 Å². The molecule has 1 atom stereocenters. The Hall–Kier alpha value is -1.59. The minimum absolute atomic E-state index is 0.210. The molecule has 1 fully saturated rings. The highest BCUT2D eigenvalue weighted by molar-refractivity contribution is 5.85. The smallest absolute Gasteiger partial charge is 0.335 e. The van der Waals surface area contributed by atoms with Gasteiger partial charge in [0.2, 0.25) is 0 Å². The van der Waals surface area contributed by atoms with Gasteiger partial charge in [-0.3, -0.25) is 4.79 Å². The molecule has 1 saturated carbocycles. The first-order valence-corrected chi connectivity index (χ1v) is 7.74. The topological polar surface area (TPSA) is 90.8 Å². The molecule has 120 valence electrons. The maximum atomic E-state index is 11.7. The van der Waals surface area contributed by atoms with E-state index < -0.39 is 5.97 Å². The molecule has 0 spiro atoms. The summed E-state index contributed by atoms with van der Waals surface area (Å²) in [6.07, 6.45) is 4.10. The van der Waals surface area contributed by atoms with Crippen LogP contribution in [0.1, 0.15) is 52.9 Å². The van der Waals surface area contributed by atoms with Crippen molar-refractivity contribution >= 4 is 17.7 Å². The van der Waals surface area contributed by atoms with Gasteiger partial charge in [-0.1, -0.05) is 13.8 Å². The van der Waals surface area contributed by atoms with E-state index in [4.69, 9.17) is 5.11 Å². The molecule has 6 nitrogen and oxygen atoms in total. The van der Waals surface area contributed by atoms with Gasteiger partial charge in [0.15, 0.2) is 0 Å². The fraction of sp³-hybridized carbons (Fsp3) is 0.800. The number of amides is 2. The summed E-state index contributed by atoms with van der Waals surface area (Å²) in [6.45, 7) is 6.63. The molecule has 21 heavy (non-hydrogen) atoms. The van der Waals surface area contributed by atoms with Crippen LogP contribution in [0, 0.1) is 17.8 Å². The SMILES string of the molecule is CC[C@H](C)/C(C)=N\NC(=O)NCC1CCC(C(=O)O)CC1. The average Bonchev–Trinajstić information content (AvgIpc) is 2.49. The number of hydrogen-bond acceptors (Lipinski definition) is 3. The molecular formula is C15H27N3O3. The van der Waals surface area contributed by atoms with Crippen LogP contribution in [-0.2, 0) is 4.79 Å². The van der Waals surface area contributed by atoms with Crippen molar-refractivity contribution in [3.63, 3.8) is 0 Å². The molecule has 0 aliphatic heterocycles. The van der Waals surface area contributed by atoms with Gasteiger partial charge in [-0.2, -0.15) is 5.10 Å². The fourth-order valence-corrected chi connectivity index (χ4v) is 2.43. The zero-order valence-electron chi connectivity index (χ0n) is 13.2. The van der Waals surface area contributed by atoms with E-state index in [-0.39, 0.29) is 11.9 Å². The number of nitrogens with one attached hydrogen (secondary N) is 2. The first kappa shape index (κ1) is 17.5. The minimum atomic E-state index is -0.700. The van der Waals surface area contributed by atoms with Gasteiger partial charge < -0.3 is 10.4 Å². The van der Waals surface area contributed by atoms with E-state index in [1.54, 1.807) is 0 Å². The third-order valence-electron chi connectivity index (χ3n) is 4.41. The first-order valence-electron chi connectivity index (χ1n) is 7.74. The molecule has 1 aliphatic carbocycles. The lowest BCUT2D eigenvalue weighted by molar-refractivity contribution is -0.143. The maximum Gasteiger partial charge on any atom is 0.335 e. The molecule has 0 heterocycles. The molecule has 1 rings (SSSR count). The second-order valence-electron chi connectivity index (χ2n) is 5.94. The normalized spacial score (nSPS) is 24.2. The van der Waals surface area contributed by atoms with Crippen LogP contribution in [0.4, 0.5) is 4.79 Å². The first-order chi connectivity index (χ1) is 9.93. The number of hydrogen-bond donors (Lipinski definition) is 3. The summed E-state index contributed by atoms with van der Waals surface area (Å²) in [5.41, 5.74) is 3.42. The van der Waals surface area contributed by atoms with Crippen LogP contribution in [0.25, 0.3) is 0 Å².